The van der Waals surface area contributed by atoms with Gasteiger partial charge in [0.2, 0.25) is 0 Å². The summed E-state index contributed by atoms with van der Waals surface area (Å²) in [6.07, 6.45) is 0.0417. The normalized spacial score (nSPS) is 33.0. The third-order valence-electron chi connectivity index (χ3n) is 4.31. The summed E-state index contributed by atoms with van der Waals surface area (Å²) in [5.41, 5.74) is 2.43. The Bertz CT molecular complexity index is 668. The zero-order valence-corrected chi connectivity index (χ0v) is 12.9. The van der Waals surface area contributed by atoms with Crippen molar-refractivity contribution in [3.05, 3.63) is 34.3 Å². The number of hydrogen-bond acceptors (Lipinski definition) is 5. The summed E-state index contributed by atoms with van der Waals surface area (Å²) >= 11 is 3.41. The van der Waals surface area contributed by atoms with E-state index in [9.17, 15) is 4.79 Å². The molecule has 0 saturated heterocycles. The molecular weight excluding hydrogens is 336 g/mol. The van der Waals surface area contributed by atoms with Gasteiger partial charge in [0.1, 0.15) is 17.5 Å². The summed E-state index contributed by atoms with van der Waals surface area (Å²) in [5.74, 6) is -0.508. The number of halogens is 1. The molecule has 0 radical (unpaired) electrons. The minimum absolute atomic E-state index is 0.113. The number of rotatable bonds is 2. The number of carbonyl (C=O) groups excluding carboxylic acids is 1. The molecule has 0 unspecified atom stereocenters. The van der Waals surface area contributed by atoms with Crippen molar-refractivity contribution in [1.82, 2.24) is 0 Å². The highest BCUT2D eigenvalue weighted by Crippen LogP contribution is 2.42. The van der Waals surface area contributed by atoms with Crippen LogP contribution in [0.3, 0.4) is 0 Å². The van der Waals surface area contributed by atoms with Crippen molar-refractivity contribution in [2.75, 3.05) is 0 Å². The summed E-state index contributed by atoms with van der Waals surface area (Å²) in [4.78, 5) is 23.7. The molecule has 108 valence electrons. The first-order valence-electron chi connectivity index (χ1n) is 6.96. The molecule has 0 aromatic heterocycles. The molecule has 0 amide bonds. The van der Waals surface area contributed by atoms with Crippen molar-refractivity contribution < 1.29 is 14.5 Å². The largest absolute Gasteiger partial charge is 0.387 e. The van der Waals surface area contributed by atoms with E-state index in [1.54, 1.807) is 0 Å². The van der Waals surface area contributed by atoms with E-state index in [2.05, 4.69) is 26.2 Å². The standard InChI is InChI=1S/C15H13BrN2O3/c1-2-9-10-13(19)11-12(7-3-5-8(16)6-4-7)18-21-15(11)14(10)20-17-9/h3-6,10-11,14-15H,2H2,1H3/t10-,11-,14-,15-/m1/s1. The van der Waals surface area contributed by atoms with Crippen LogP contribution in [-0.2, 0) is 14.5 Å². The molecule has 4 atom stereocenters. The van der Waals surface area contributed by atoms with E-state index in [1.165, 1.54) is 0 Å². The van der Waals surface area contributed by atoms with Crippen molar-refractivity contribution in [2.24, 2.45) is 22.1 Å². The number of carbonyl (C=O) groups is 1. The van der Waals surface area contributed by atoms with Crippen LogP contribution in [0.15, 0.2) is 39.0 Å². The lowest BCUT2D eigenvalue weighted by molar-refractivity contribution is -0.121. The van der Waals surface area contributed by atoms with Gasteiger partial charge in [0.05, 0.1) is 5.71 Å². The molecule has 1 aliphatic carbocycles. The van der Waals surface area contributed by atoms with Crippen molar-refractivity contribution in [3.63, 3.8) is 0 Å². The first kappa shape index (κ1) is 13.0. The zero-order valence-electron chi connectivity index (χ0n) is 11.3. The number of oxime groups is 2. The van der Waals surface area contributed by atoms with Crippen molar-refractivity contribution in [3.8, 4) is 0 Å². The molecule has 2 heterocycles. The summed E-state index contributed by atoms with van der Waals surface area (Å²) in [6, 6.07) is 7.74. The van der Waals surface area contributed by atoms with Gasteiger partial charge in [0.25, 0.3) is 0 Å². The molecule has 3 aliphatic rings. The van der Waals surface area contributed by atoms with Gasteiger partial charge < -0.3 is 9.68 Å². The average molecular weight is 349 g/mol. The van der Waals surface area contributed by atoms with Gasteiger partial charge >= 0.3 is 0 Å². The topological polar surface area (TPSA) is 60.2 Å². The fourth-order valence-corrected chi connectivity index (χ4v) is 3.54. The molecule has 4 rings (SSSR count). The second kappa shape index (κ2) is 4.66. The first-order valence-corrected chi connectivity index (χ1v) is 7.76. The average Bonchev–Trinajstić information content (AvgIpc) is 3.15. The highest BCUT2D eigenvalue weighted by atomic mass is 79.9. The molecule has 2 aliphatic heterocycles. The van der Waals surface area contributed by atoms with E-state index >= 15 is 0 Å². The number of nitrogens with zero attached hydrogens (tertiary/aromatic N) is 2. The molecule has 21 heavy (non-hydrogen) atoms. The molecule has 6 heteroatoms. The number of benzene rings is 1. The van der Waals surface area contributed by atoms with E-state index in [0.29, 0.717) is 5.71 Å². The maximum atomic E-state index is 12.8. The van der Waals surface area contributed by atoms with Gasteiger partial charge in [-0.3, -0.25) is 4.79 Å². The minimum Gasteiger partial charge on any atom is -0.387 e. The fourth-order valence-electron chi connectivity index (χ4n) is 3.28. The summed E-state index contributed by atoms with van der Waals surface area (Å²) in [5, 5.41) is 8.15. The summed E-state index contributed by atoms with van der Waals surface area (Å²) in [6.45, 7) is 1.98. The Morgan fingerprint density at radius 3 is 2.48 bits per heavy atom. The fraction of sp³-hybridized carbons (Fsp3) is 0.400. The first-order chi connectivity index (χ1) is 10.2. The van der Waals surface area contributed by atoms with Crippen LogP contribution in [0.4, 0.5) is 0 Å². The predicted molar refractivity (Wildman–Crippen MR) is 80.1 cm³/mol. The second-order valence-corrected chi connectivity index (χ2v) is 6.33. The van der Waals surface area contributed by atoms with Crippen LogP contribution in [-0.4, -0.2) is 29.4 Å². The molecular formula is C15H13BrN2O3. The van der Waals surface area contributed by atoms with Crippen LogP contribution in [0.25, 0.3) is 0 Å². The van der Waals surface area contributed by atoms with Crippen molar-refractivity contribution >= 4 is 33.1 Å². The maximum absolute atomic E-state index is 12.8. The Balaban J connectivity index is 1.68. The van der Waals surface area contributed by atoms with Gasteiger partial charge in [-0.25, -0.2) is 0 Å². The zero-order chi connectivity index (χ0) is 14.6. The van der Waals surface area contributed by atoms with Crippen LogP contribution in [0.5, 0.6) is 0 Å². The highest BCUT2D eigenvalue weighted by Gasteiger charge is 2.61. The third kappa shape index (κ3) is 1.78. The van der Waals surface area contributed by atoms with Crippen molar-refractivity contribution in [1.29, 1.82) is 0 Å². The van der Waals surface area contributed by atoms with Gasteiger partial charge in [-0.15, -0.1) is 0 Å². The van der Waals surface area contributed by atoms with E-state index < -0.39 is 0 Å². The number of Topliss-reactive ketones (excluding diaryl/α,β-unsaturated/α-hetero) is 1. The van der Waals surface area contributed by atoms with E-state index in [1.807, 2.05) is 31.2 Å². The molecule has 1 aromatic rings. The third-order valence-corrected chi connectivity index (χ3v) is 4.84. The van der Waals surface area contributed by atoms with Crippen LogP contribution < -0.4 is 0 Å². The predicted octanol–water partition coefficient (Wildman–Crippen LogP) is 2.53. The Kier molecular flexibility index (Phi) is 2.89. The van der Waals surface area contributed by atoms with Crippen LogP contribution in [0.1, 0.15) is 18.9 Å². The lowest BCUT2D eigenvalue weighted by Gasteiger charge is -2.12. The van der Waals surface area contributed by atoms with Crippen LogP contribution in [0.2, 0.25) is 0 Å². The van der Waals surface area contributed by atoms with E-state index in [4.69, 9.17) is 9.68 Å². The smallest absolute Gasteiger partial charge is 0.183 e. The van der Waals surface area contributed by atoms with E-state index in [-0.39, 0.29) is 29.8 Å². The SMILES string of the molecule is CCC1=NO[C@@H]2[C@H]1C(=O)[C@H]1C(c3ccc(Br)cc3)=NO[C@H]12. The quantitative estimate of drug-likeness (QED) is 0.824. The summed E-state index contributed by atoms with van der Waals surface area (Å²) < 4.78 is 0.987. The van der Waals surface area contributed by atoms with Gasteiger partial charge in [-0.1, -0.05) is 45.3 Å². The molecule has 1 aromatic carbocycles. The van der Waals surface area contributed by atoms with Crippen LogP contribution in [0, 0.1) is 11.8 Å². The lowest BCUT2D eigenvalue weighted by atomic mass is 9.91. The monoisotopic (exact) mass is 348 g/mol. The lowest BCUT2D eigenvalue weighted by Crippen LogP contribution is -2.29. The van der Waals surface area contributed by atoms with Gasteiger partial charge in [-0.2, -0.15) is 0 Å². The van der Waals surface area contributed by atoms with E-state index in [0.717, 1.165) is 22.2 Å². The molecule has 1 saturated carbocycles. The maximum Gasteiger partial charge on any atom is 0.183 e. The van der Waals surface area contributed by atoms with Crippen molar-refractivity contribution in [2.45, 2.75) is 25.6 Å². The molecule has 1 fully saturated rings. The Morgan fingerprint density at radius 2 is 1.76 bits per heavy atom. The number of ketones is 1. The van der Waals surface area contributed by atoms with Crippen LogP contribution >= 0.6 is 15.9 Å². The Morgan fingerprint density at radius 1 is 1.10 bits per heavy atom. The molecule has 0 bridgehead atoms. The van der Waals surface area contributed by atoms with Gasteiger partial charge in [0.15, 0.2) is 18.0 Å². The minimum atomic E-state index is -0.353. The number of fused-ring (bicyclic) bond motifs is 3. The van der Waals surface area contributed by atoms with Gasteiger partial charge in [0, 0.05) is 10.0 Å². The molecule has 0 spiro atoms. The Labute approximate surface area is 130 Å². The highest BCUT2D eigenvalue weighted by molar-refractivity contribution is 9.10. The second-order valence-electron chi connectivity index (χ2n) is 5.42. The van der Waals surface area contributed by atoms with Gasteiger partial charge in [-0.05, 0) is 18.6 Å². The summed E-state index contributed by atoms with van der Waals surface area (Å²) in [7, 11) is 0. The molecule has 0 N–H and O–H groups in total. The Hall–Kier alpha value is -1.69. The number of hydrogen-bond donors (Lipinski definition) is 0. The molecule has 5 nitrogen and oxygen atoms in total.